The number of nitrogens with one attached hydrogen (secondary N) is 4. The van der Waals surface area contributed by atoms with Crippen molar-refractivity contribution in [1.82, 2.24) is 30.4 Å². The van der Waals surface area contributed by atoms with Gasteiger partial charge in [-0.2, -0.15) is 15.3 Å². The van der Waals surface area contributed by atoms with Gasteiger partial charge in [0.25, 0.3) is 5.91 Å². The predicted octanol–water partition coefficient (Wildman–Crippen LogP) is 1.93. The quantitative estimate of drug-likeness (QED) is 0.545. The molecular formula is C20H27N9O. The van der Waals surface area contributed by atoms with Gasteiger partial charge in [0.05, 0.1) is 6.07 Å². The molecule has 4 N–H and O–H groups in total. The van der Waals surface area contributed by atoms with Crippen LogP contribution in [-0.2, 0) is 0 Å². The fraction of sp³-hybridized carbons (Fsp3) is 0.550. The number of H-pyrrole nitrogens is 1. The Labute approximate surface area is 175 Å². The minimum Gasteiger partial charge on any atom is -0.354 e. The van der Waals surface area contributed by atoms with Gasteiger partial charge in [-0.25, -0.2) is 4.98 Å². The van der Waals surface area contributed by atoms with Crippen molar-refractivity contribution in [2.45, 2.75) is 57.2 Å². The molecule has 4 rings (SSSR count). The van der Waals surface area contributed by atoms with Crippen LogP contribution in [0.1, 0.15) is 48.3 Å². The van der Waals surface area contributed by atoms with Crippen LogP contribution in [-0.4, -0.2) is 62.7 Å². The number of fused-ring (bicyclic) bond motifs is 2. The van der Waals surface area contributed by atoms with Crippen LogP contribution in [0.25, 0.3) is 0 Å². The van der Waals surface area contributed by atoms with Crippen molar-refractivity contribution in [1.29, 1.82) is 5.26 Å². The van der Waals surface area contributed by atoms with Gasteiger partial charge in [-0.05, 0) is 32.6 Å². The molecule has 2 saturated heterocycles. The molecule has 3 atom stereocenters. The zero-order valence-electron chi connectivity index (χ0n) is 17.3. The molecule has 1 unspecified atom stereocenters. The van der Waals surface area contributed by atoms with Crippen LogP contribution < -0.4 is 16.0 Å². The molecule has 1 amide bonds. The third kappa shape index (κ3) is 4.36. The fourth-order valence-corrected chi connectivity index (χ4v) is 4.55. The number of carbonyl (C=O) groups is 1. The fourth-order valence-electron chi connectivity index (χ4n) is 4.55. The third-order valence-corrected chi connectivity index (χ3v) is 5.85. The molecular weight excluding hydrogens is 382 g/mol. The van der Waals surface area contributed by atoms with Crippen molar-refractivity contribution >= 4 is 23.5 Å². The molecule has 158 valence electrons. The molecule has 30 heavy (non-hydrogen) atoms. The summed E-state index contributed by atoms with van der Waals surface area (Å²) in [6.07, 6.45) is 4.87. The summed E-state index contributed by atoms with van der Waals surface area (Å²) in [5.41, 5.74) is 1.22. The topological polar surface area (TPSA) is 135 Å². The number of rotatable bonds is 7. The summed E-state index contributed by atoms with van der Waals surface area (Å²) in [4.78, 5) is 23.7. The molecule has 2 fully saturated rings. The Bertz CT molecular complexity index is 936. The lowest BCUT2D eigenvalue weighted by molar-refractivity contribution is 0.0958. The monoisotopic (exact) mass is 409 g/mol. The van der Waals surface area contributed by atoms with E-state index < -0.39 is 0 Å². The molecule has 2 aromatic heterocycles. The average molecular weight is 409 g/mol. The van der Waals surface area contributed by atoms with Crippen LogP contribution in [0, 0.1) is 18.3 Å². The average Bonchev–Trinajstić information content (AvgIpc) is 3.24. The van der Waals surface area contributed by atoms with Crippen LogP contribution in [0.2, 0.25) is 0 Å². The van der Waals surface area contributed by atoms with Gasteiger partial charge in [-0.3, -0.25) is 14.8 Å². The number of nitrogens with zero attached hydrogens (tertiary/aromatic N) is 5. The Balaban J connectivity index is 1.50. The number of hydrogen-bond acceptors (Lipinski definition) is 8. The lowest BCUT2D eigenvalue weighted by atomic mass is 9.97. The molecule has 0 spiro atoms. The molecule has 0 aliphatic carbocycles. The van der Waals surface area contributed by atoms with E-state index in [1.165, 1.54) is 12.8 Å². The number of amides is 1. The first kappa shape index (κ1) is 20.1. The first-order valence-electron chi connectivity index (χ1n) is 10.3. The lowest BCUT2D eigenvalue weighted by Crippen LogP contribution is -2.47. The smallest absolute Gasteiger partial charge is 0.269 e. The Morgan fingerprint density at radius 3 is 2.67 bits per heavy atom. The van der Waals surface area contributed by atoms with E-state index >= 15 is 0 Å². The van der Waals surface area contributed by atoms with E-state index in [1.807, 2.05) is 13.0 Å². The van der Waals surface area contributed by atoms with Crippen LogP contribution >= 0.6 is 0 Å². The molecule has 4 heterocycles. The van der Waals surface area contributed by atoms with Gasteiger partial charge in [0, 0.05) is 56.0 Å². The van der Waals surface area contributed by atoms with Crippen molar-refractivity contribution in [3.8, 4) is 6.07 Å². The summed E-state index contributed by atoms with van der Waals surface area (Å²) in [7, 11) is 1.58. The van der Waals surface area contributed by atoms with Crippen molar-refractivity contribution in [2.75, 3.05) is 24.2 Å². The number of aromatic amines is 1. The van der Waals surface area contributed by atoms with E-state index in [1.54, 1.807) is 13.1 Å². The summed E-state index contributed by atoms with van der Waals surface area (Å²) >= 11 is 0. The molecule has 10 nitrogen and oxygen atoms in total. The summed E-state index contributed by atoms with van der Waals surface area (Å²) in [6.45, 7) is 2.76. The highest BCUT2D eigenvalue weighted by Crippen LogP contribution is 2.36. The third-order valence-electron chi connectivity index (χ3n) is 5.85. The van der Waals surface area contributed by atoms with E-state index in [2.05, 4.69) is 47.1 Å². The maximum Gasteiger partial charge on any atom is 0.269 e. The van der Waals surface area contributed by atoms with Crippen molar-refractivity contribution in [3.63, 3.8) is 0 Å². The molecule has 2 aliphatic rings. The first-order valence-corrected chi connectivity index (χ1v) is 10.3. The number of carbonyl (C=O) groups excluding carboxylic acids is 1. The molecule has 0 saturated carbocycles. The Kier molecular flexibility index (Phi) is 5.81. The van der Waals surface area contributed by atoms with Gasteiger partial charge in [-0.15, -0.1) is 0 Å². The standard InChI is InChI=1S/C20H27N9O/c1-12-8-18(28-27-12)25-17-11-16(19(30)22-2)24-20(26-17)23-13-9-14-4-5-15(10-13)29(14)7-3-6-21/h8,11,13-15H,3-5,7,9-10H2,1-2H3,(H,22,30)(H3,23,24,25,26,27,28)/t13?,14-,15+. The number of nitriles is 1. The van der Waals surface area contributed by atoms with Crippen LogP contribution in [0.3, 0.4) is 0 Å². The van der Waals surface area contributed by atoms with Gasteiger partial charge >= 0.3 is 0 Å². The molecule has 2 bridgehead atoms. The van der Waals surface area contributed by atoms with E-state index in [0.29, 0.717) is 41.8 Å². The Morgan fingerprint density at radius 2 is 2.03 bits per heavy atom. The predicted molar refractivity (Wildman–Crippen MR) is 112 cm³/mol. The second-order valence-electron chi connectivity index (χ2n) is 7.95. The van der Waals surface area contributed by atoms with Crippen molar-refractivity contribution in [3.05, 3.63) is 23.5 Å². The largest absolute Gasteiger partial charge is 0.354 e. The second-order valence-corrected chi connectivity index (χ2v) is 7.95. The zero-order valence-corrected chi connectivity index (χ0v) is 17.3. The number of aromatic nitrogens is 4. The van der Waals surface area contributed by atoms with Crippen molar-refractivity contribution < 1.29 is 4.79 Å². The zero-order chi connectivity index (χ0) is 21.1. The molecule has 2 aromatic rings. The highest BCUT2D eigenvalue weighted by molar-refractivity contribution is 5.93. The van der Waals surface area contributed by atoms with E-state index in [9.17, 15) is 4.79 Å². The Morgan fingerprint density at radius 1 is 1.27 bits per heavy atom. The first-order chi connectivity index (χ1) is 14.6. The highest BCUT2D eigenvalue weighted by atomic mass is 16.1. The molecule has 2 aliphatic heterocycles. The maximum atomic E-state index is 12.2. The summed E-state index contributed by atoms with van der Waals surface area (Å²) < 4.78 is 0. The van der Waals surface area contributed by atoms with Crippen molar-refractivity contribution in [2.24, 2.45) is 0 Å². The number of anilines is 3. The highest BCUT2D eigenvalue weighted by Gasteiger charge is 2.40. The lowest BCUT2D eigenvalue weighted by Gasteiger charge is -2.38. The van der Waals surface area contributed by atoms with Gasteiger partial charge < -0.3 is 16.0 Å². The minimum absolute atomic E-state index is 0.237. The minimum atomic E-state index is -0.270. The SMILES string of the molecule is CNC(=O)c1cc(Nc2cc(C)[nH]n2)nc(NC2C[C@H]3CC[C@@H](C2)N3CCC#N)n1. The summed E-state index contributed by atoms with van der Waals surface area (Å²) in [5.74, 6) is 1.30. The molecule has 0 aromatic carbocycles. The number of piperidine rings is 1. The van der Waals surface area contributed by atoms with Gasteiger partial charge in [0.1, 0.15) is 11.5 Å². The molecule has 10 heteroatoms. The number of aryl methyl sites for hydroxylation is 1. The van der Waals surface area contributed by atoms with Crippen LogP contribution in [0.4, 0.5) is 17.6 Å². The van der Waals surface area contributed by atoms with E-state index in [0.717, 1.165) is 25.1 Å². The Hall–Kier alpha value is -3.19. The van der Waals surface area contributed by atoms with Gasteiger partial charge in [0.15, 0.2) is 5.82 Å². The van der Waals surface area contributed by atoms with E-state index in [-0.39, 0.29) is 11.9 Å². The summed E-state index contributed by atoms with van der Waals surface area (Å²) in [6, 6.07) is 6.95. The van der Waals surface area contributed by atoms with Crippen LogP contribution in [0.5, 0.6) is 0 Å². The van der Waals surface area contributed by atoms with Gasteiger partial charge in [-0.1, -0.05) is 0 Å². The van der Waals surface area contributed by atoms with E-state index in [4.69, 9.17) is 5.26 Å². The van der Waals surface area contributed by atoms with Crippen LogP contribution in [0.15, 0.2) is 12.1 Å². The van der Waals surface area contributed by atoms with Gasteiger partial charge in [0.2, 0.25) is 5.95 Å². The maximum absolute atomic E-state index is 12.2. The number of hydrogen-bond donors (Lipinski definition) is 4. The summed E-state index contributed by atoms with van der Waals surface area (Å²) in [5, 5.41) is 25.1. The second kappa shape index (κ2) is 8.67. The normalized spacial score (nSPS) is 23.0. The molecule has 0 radical (unpaired) electrons.